The molecule has 0 aromatic rings. The highest BCUT2D eigenvalue weighted by atomic mass is 16.2. The first kappa shape index (κ1) is 7.66. The Kier molecular flexibility index (Phi) is 1.11. The Morgan fingerprint density at radius 3 is 2.57 bits per heavy atom. The van der Waals surface area contributed by atoms with E-state index in [0.29, 0.717) is 0 Å². The van der Waals surface area contributed by atoms with Crippen LogP contribution in [-0.2, 0) is 19.2 Å². The topological polar surface area (TPSA) is 85.6 Å². The molecule has 0 N–H and O–H groups in total. The second-order valence-electron chi connectivity index (χ2n) is 3.67. The lowest BCUT2D eigenvalue weighted by Crippen LogP contribution is -2.42. The molecule has 3 saturated heterocycles. The third-order valence-electron chi connectivity index (χ3n) is 3.03. The van der Waals surface area contributed by atoms with Crippen LogP contribution >= 0.6 is 0 Å². The fourth-order valence-electron chi connectivity index (χ4n) is 2.45. The Morgan fingerprint density at radius 1 is 1.14 bits per heavy atom. The lowest BCUT2D eigenvalue weighted by atomic mass is 9.88. The maximum Gasteiger partial charge on any atom is 0.272 e. The van der Waals surface area contributed by atoms with Gasteiger partial charge in [0.15, 0.2) is 0 Å². The minimum atomic E-state index is -0.916. The number of hydrogen-bond donors (Lipinski definition) is 0. The number of hydrogen-bond acceptors (Lipinski definition) is 4. The molecular weight excluding hydrogens is 188 g/mol. The van der Waals surface area contributed by atoms with Gasteiger partial charge in [-0.3, -0.25) is 24.1 Å². The van der Waals surface area contributed by atoms with Crippen molar-refractivity contribution in [2.45, 2.75) is 12.5 Å². The second kappa shape index (κ2) is 2.02. The van der Waals surface area contributed by atoms with Crippen LogP contribution in [0, 0.1) is 11.8 Å². The summed E-state index contributed by atoms with van der Waals surface area (Å²) in [6.07, 6.45) is 0.0501. The minimum absolute atomic E-state index is 0.0501. The van der Waals surface area contributed by atoms with Crippen molar-refractivity contribution < 1.29 is 19.2 Å². The Morgan fingerprint density at radius 2 is 1.86 bits per heavy atom. The molecule has 1 radical (unpaired) electrons. The molecular formula is C8H5N2O4. The SMILES string of the molecule is O=C1[N]C(=O)C2C1C1CC(=O)N2C1=O. The summed E-state index contributed by atoms with van der Waals surface area (Å²) >= 11 is 0. The van der Waals surface area contributed by atoms with E-state index in [2.05, 4.69) is 5.32 Å². The third kappa shape index (κ3) is 0.604. The van der Waals surface area contributed by atoms with Crippen molar-refractivity contribution in [1.82, 2.24) is 10.2 Å². The summed E-state index contributed by atoms with van der Waals surface area (Å²) in [5, 5.41) is 3.26. The van der Waals surface area contributed by atoms with E-state index >= 15 is 0 Å². The van der Waals surface area contributed by atoms with Crippen molar-refractivity contribution in [3.05, 3.63) is 0 Å². The Hall–Kier alpha value is -1.72. The summed E-state index contributed by atoms with van der Waals surface area (Å²) in [6, 6.07) is -0.916. The summed E-state index contributed by atoms with van der Waals surface area (Å²) in [6.45, 7) is 0. The first-order valence-corrected chi connectivity index (χ1v) is 4.26. The summed E-state index contributed by atoms with van der Waals surface area (Å²) in [4.78, 5) is 46.0. The number of piperidine rings is 1. The van der Waals surface area contributed by atoms with Crippen molar-refractivity contribution in [1.29, 1.82) is 0 Å². The zero-order chi connectivity index (χ0) is 10.0. The molecule has 0 spiro atoms. The minimum Gasteiger partial charge on any atom is -0.274 e. The van der Waals surface area contributed by atoms with Crippen LogP contribution < -0.4 is 5.32 Å². The van der Waals surface area contributed by atoms with E-state index in [0.717, 1.165) is 4.90 Å². The molecule has 3 fully saturated rings. The van der Waals surface area contributed by atoms with Gasteiger partial charge in [0.2, 0.25) is 11.8 Å². The highest BCUT2D eigenvalue weighted by Crippen LogP contribution is 2.43. The largest absolute Gasteiger partial charge is 0.274 e. The molecule has 3 aliphatic rings. The maximum absolute atomic E-state index is 11.4. The van der Waals surface area contributed by atoms with Crippen LogP contribution in [-0.4, -0.2) is 34.6 Å². The smallest absolute Gasteiger partial charge is 0.272 e. The van der Waals surface area contributed by atoms with Gasteiger partial charge in [-0.15, -0.1) is 0 Å². The van der Waals surface area contributed by atoms with Gasteiger partial charge in [-0.1, -0.05) is 0 Å². The summed E-state index contributed by atoms with van der Waals surface area (Å²) < 4.78 is 0. The molecule has 14 heavy (non-hydrogen) atoms. The molecule has 3 rings (SSSR count). The van der Waals surface area contributed by atoms with E-state index in [1.807, 2.05) is 0 Å². The van der Waals surface area contributed by atoms with Gasteiger partial charge in [0.1, 0.15) is 6.04 Å². The quantitative estimate of drug-likeness (QED) is 0.417. The average molecular weight is 193 g/mol. The molecule has 0 aromatic heterocycles. The normalized spacial score (nSPS) is 39.4. The van der Waals surface area contributed by atoms with E-state index in [1.54, 1.807) is 0 Å². The maximum atomic E-state index is 11.4. The van der Waals surface area contributed by atoms with Crippen molar-refractivity contribution in [3.63, 3.8) is 0 Å². The van der Waals surface area contributed by atoms with Crippen molar-refractivity contribution >= 4 is 23.6 Å². The van der Waals surface area contributed by atoms with Crippen LogP contribution in [0.3, 0.4) is 0 Å². The molecule has 6 nitrogen and oxygen atoms in total. The van der Waals surface area contributed by atoms with Gasteiger partial charge < -0.3 is 0 Å². The second-order valence-corrected chi connectivity index (χ2v) is 3.67. The Balaban J connectivity index is 2.12. The molecule has 0 saturated carbocycles. The molecule has 3 unspecified atom stereocenters. The van der Waals surface area contributed by atoms with E-state index in [-0.39, 0.29) is 18.2 Å². The van der Waals surface area contributed by atoms with Gasteiger partial charge in [0.05, 0.1) is 11.8 Å². The number of carbonyl (C=O) groups excluding carboxylic acids is 4. The average Bonchev–Trinajstić information content (AvgIpc) is 2.64. The summed E-state index contributed by atoms with van der Waals surface area (Å²) in [5.41, 5.74) is 0. The zero-order valence-electron chi connectivity index (χ0n) is 6.97. The van der Waals surface area contributed by atoms with Gasteiger partial charge in [0.25, 0.3) is 11.8 Å². The van der Waals surface area contributed by atoms with E-state index in [1.165, 1.54) is 0 Å². The monoisotopic (exact) mass is 193 g/mol. The molecule has 0 aromatic carbocycles. The first-order valence-electron chi connectivity index (χ1n) is 4.26. The molecule has 3 atom stereocenters. The Bertz CT molecular complexity index is 402. The molecule has 4 amide bonds. The van der Waals surface area contributed by atoms with Crippen molar-refractivity contribution in [2.24, 2.45) is 11.8 Å². The van der Waals surface area contributed by atoms with Crippen LogP contribution in [0.1, 0.15) is 6.42 Å². The fourth-order valence-corrected chi connectivity index (χ4v) is 2.45. The zero-order valence-corrected chi connectivity index (χ0v) is 6.97. The van der Waals surface area contributed by atoms with Crippen LogP contribution in [0.2, 0.25) is 0 Å². The first-order chi connectivity index (χ1) is 6.61. The summed E-state index contributed by atoms with van der Waals surface area (Å²) in [7, 11) is 0. The number of carbonyl (C=O) groups is 4. The fraction of sp³-hybridized carbons (Fsp3) is 0.500. The predicted molar refractivity (Wildman–Crippen MR) is 39.4 cm³/mol. The van der Waals surface area contributed by atoms with Crippen LogP contribution in [0.5, 0.6) is 0 Å². The molecule has 2 bridgehead atoms. The van der Waals surface area contributed by atoms with Gasteiger partial charge in [-0.05, 0) is 0 Å². The highest BCUT2D eigenvalue weighted by molar-refractivity contribution is 6.19. The van der Waals surface area contributed by atoms with Crippen LogP contribution in [0.15, 0.2) is 0 Å². The van der Waals surface area contributed by atoms with Crippen molar-refractivity contribution in [3.8, 4) is 0 Å². The van der Waals surface area contributed by atoms with Gasteiger partial charge in [0, 0.05) is 6.42 Å². The molecule has 3 heterocycles. The van der Waals surface area contributed by atoms with Gasteiger partial charge >= 0.3 is 0 Å². The van der Waals surface area contributed by atoms with Gasteiger partial charge in [-0.2, -0.15) is 5.32 Å². The summed E-state index contributed by atoms with van der Waals surface area (Å²) in [5.74, 6) is -3.26. The molecule has 6 heteroatoms. The Labute approximate surface area is 78.2 Å². The lowest BCUT2D eigenvalue weighted by molar-refractivity contribution is -0.143. The number of nitrogens with zero attached hydrogens (tertiary/aromatic N) is 2. The highest BCUT2D eigenvalue weighted by Gasteiger charge is 2.65. The van der Waals surface area contributed by atoms with Crippen LogP contribution in [0.4, 0.5) is 0 Å². The number of amides is 4. The van der Waals surface area contributed by atoms with E-state index < -0.39 is 29.7 Å². The van der Waals surface area contributed by atoms with Gasteiger partial charge in [-0.25, -0.2) is 0 Å². The van der Waals surface area contributed by atoms with Crippen molar-refractivity contribution in [2.75, 3.05) is 0 Å². The number of imide groups is 2. The van der Waals surface area contributed by atoms with E-state index in [9.17, 15) is 19.2 Å². The molecule has 3 aliphatic heterocycles. The third-order valence-corrected chi connectivity index (χ3v) is 3.03. The number of fused-ring (bicyclic) bond motifs is 5. The predicted octanol–water partition coefficient (Wildman–Crippen LogP) is -1.97. The van der Waals surface area contributed by atoms with E-state index in [4.69, 9.17) is 0 Å². The van der Waals surface area contributed by atoms with Crippen LogP contribution in [0.25, 0.3) is 0 Å². The standard InChI is InChI=1S/C8H5N2O4/c11-3-1-2-4-5(10(3)8(2)14)7(13)9-6(4)12/h2,4-5H,1H2. The number of rotatable bonds is 0. The molecule has 0 aliphatic carbocycles. The molecule has 71 valence electrons. The lowest BCUT2D eigenvalue weighted by Gasteiger charge is -2.19.